The third-order valence-electron chi connectivity index (χ3n) is 2.85. The highest BCUT2D eigenvalue weighted by Crippen LogP contribution is 2.18. The van der Waals surface area contributed by atoms with E-state index in [1.54, 1.807) is 20.1 Å². The van der Waals surface area contributed by atoms with Crippen molar-refractivity contribution in [3.05, 3.63) is 35.9 Å². The predicted octanol–water partition coefficient (Wildman–Crippen LogP) is 1.74. The van der Waals surface area contributed by atoms with Gasteiger partial charge in [-0.05, 0) is 25.5 Å². The second kappa shape index (κ2) is 8.79. The molecule has 0 heterocycles. The molecule has 2 amide bonds. The maximum Gasteiger partial charge on any atom is 0.244 e. The van der Waals surface area contributed by atoms with E-state index >= 15 is 0 Å². The SMILES string of the molecule is CCCNC(=O)[C@H](C)NC(=O)/C=C/c1ccccc1OC. The Labute approximate surface area is 125 Å². The van der Waals surface area contributed by atoms with Crippen molar-refractivity contribution in [1.82, 2.24) is 10.6 Å². The molecule has 0 bridgehead atoms. The summed E-state index contributed by atoms with van der Waals surface area (Å²) in [6, 6.07) is 6.82. The highest BCUT2D eigenvalue weighted by Gasteiger charge is 2.13. The van der Waals surface area contributed by atoms with Crippen molar-refractivity contribution in [2.24, 2.45) is 0 Å². The number of rotatable bonds is 7. The lowest BCUT2D eigenvalue weighted by atomic mass is 10.2. The number of carbonyl (C=O) groups is 2. The summed E-state index contributed by atoms with van der Waals surface area (Å²) in [5, 5.41) is 5.35. The third kappa shape index (κ3) is 5.69. The van der Waals surface area contributed by atoms with Gasteiger partial charge in [0.1, 0.15) is 11.8 Å². The zero-order valence-corrected chi connectivity index (χ0v) is 12.7. The lowest BCUT2D eigenvalue weighted by Crippen LogP contribution is -2.44. The first-order valence-electron chi connectivity index (χ1n) is 6.97. The monoisotopic (exact) mass is 290 g/mol. The fraction of sp³-hybridized carbons (Fsp3) is 0.375. The van der Waals surface area contributed by atoms with Crippen LogP contribution in [0, 0.1) is 0 Å². The minimum Gasteiger partial charge on any atom is -0.496 e. The van der Waals surface area contributed by atoms with Gasteiger partial charge in [0, 0.05) is 18.2 Å². The topological polar surface area (TPSA) is 67.4 Å². The number of ether oxygens (including phenoxy) is 1. The lowest BCUT2D eigenvalue weighted by Gasteiger charge is -2.12. The fourth-order valence-electron chi connectivity index (χ4n) is 1.70. The van der Waals surface area contributed by atoms with Crippen LogP contribution in [0.2, 0.25) is 0 Å². The number of methoxy groups -OCH3 is 1. The zero-order valence-electron chi connectivity index (χ0n) is 12.7. The largest absolute Gasteiger partial charge is 0.496 e. The Hall–Kier alpha value is -2.30. The van der Waals surface area contributed by atoms with Gasteiger partial charge in [0.2, 0.25) is 11.8 Å². The molecule has 0 unspecified atom stereocenters. The molecule has 1 aromatic rings. The molecule has 1 atom stereocenters. The van der Waals surface area contributed by atoms with Gasteiger partial charge in [0.05, 0.1) is 7.11 Å². The minimum atomic E-state index is -0.564. The van der Waals surface area contributed by atoms with Gasteiger partial charge in [0.25, 0.3) is 0 Å². The quantitative estimate of drug-likeness (QED) is 0.752. The van der Waals surface area contributed by atoms with Crippen LogP contribution in [0.15, 0.2) is 30.3 Å². The smallest absolute Gasteiger partial charge is 0.244 e. The Morgan fingerprint density at radius 1 is 1.33 bits per heavy atom. The molecule has 0 aliphatic heterocycles. The summed E-state index contributed by atoms with van der Waals surface area (Å²) in [6.07, 6.45) is 3.91. The van der Waals surface area contributed by atoms with Crippen LogP contribution in [-0.2, 0) is 9.59 Å². The van der Waals surface area contributed by atoms with Crippen molar-refractivity contribution < 1.29 is 14.3 Å². The average Bonchev–Trinajstić information content (AvgIpc) is 2.50. The van der Waals surface area contributed by atoms with Crippen LogP contribution in [0.4, 0.5) is 0 Å². The van der Waals surface area contributed by atoms with E-state index in [-0.39, 0.29) is 11.8 Å². The van der Waals surface area contributed by atoms with Crippen molar-refractivity contribution >= 4 is 17.9 Å². The van der Waals surface area contributed by atoms with Crippen LogP contribution in [0.5, 0.6) is 5.75 Å². The maximum atomic E-state index is 11.8. The maximum absolute atomic E-state index is 11.8. The number of benzene rings is 1. The molecule has 5 heteroatoms. The second-order valence-electron chi connectivity index (χ2n) is 4.60. The molecule has 0 aromatic heterocycles. The summed E-state index contributed by atoms with van der Waals surface area (Å²) in [5.74, 6) is 0.186. The van der Waals surface area contributed by atoms with E-state index in [2.05, 4.69) is 10.6 Å². The molecule has 114 valence electrons. The molecule has 0 radical (unpaired) electrons. The highest BCUT2D eigenvalue weighted by atomic mass is 16.5. The van der Waals surface area contributed by atoms with Crippen LogP contribution in [0.1, 0.15) is 25.8 Å². The first-order chi connectivity index (χ1) is 10.1. The van der Waals surface area contributed by atoms with Crippen LogP contribution >= 0.6 is 0 Å². The number of hydrogen-bond donors (Lipinski definition) is 2. The number of hydrogen-bond acceptors (Lipinski definition) is 3. The van der Waals surface area contributed by atoms with Crippen molar-refractivity contribution in [2.75, 3.05) is 13.7 Å². The number of amides is 2. The summed E-state index contributed by atoms with van der Waals surface area (Å²) in [7, 11) is 1.58. The Morgan fingerprint density at radius 2 is 2.05 bits per heavy atom. The summed E-state index contributed by atoms with van der Waals surface area (Å²) in [6.45, 7) is 4.23. The molecule has 0 fully saturated rings. The van der Waals surface area contributed by atoms with Crippen LogP contribution in [-0.4, -0.2) is 31.5 Å². The number of carbonyl (C=O) groups excluding carboxylic acids is 2. The Kier molecular flexibility index (Phi) is 7.01. The van der Waals surface area contributed by atoms with Crippen LogP contribution < -0.4 is 15.4 Å². The molecule has 0 saturated carbocycles. The number of nitrogens with one attached hydrogen (secondary N) is 2. The van der Waals surface area contributed by atoms with E-state index in [1.165, 1.54) is 6.08 Å². The van der Waals surface area contributed by atoms with E-state index < -0.39 is 6.04 Å². The highest BCUT2D eigenvalue weighted by molar-refractivity contribution is 5.95. The van der Waals surface area contributed by atoms with Gasteiger partial charge in [0.15, 0.2) is 0 Å². The summed E-state index contributed by atoms with van der Waals surface area (Å²) in [4.78, 5) is 23.4. The molecule has 0 aliphatic carbocycles. The Morgan fingerprint density at radius 3 is 2.71 bits per heavy atom. The van der Waals surface area contributed by atoms with Gasteiger partial charge in [-0.2, -0.15) is 0 Å². The molecule has 1 rings (SSSR count). The zero-order chi connectivity index (χ0) is 15.7. The molecule has 21 heavy (non-hydrogen) atoms. The van der Waals surface area contributed by atoms with Gasteiger partial charge in [-0.25, -0.2) is 0 Å². The van der Waals surface area contributed by atoms with Gasteiger partial charge >= 0.3 is 0 Å². The molecule has 0 aliphatic rings. The summed E-state index contributed by atoms with van der Waals surface area (Å²) >= 11 is 0. The third-order valence-corrected chi connectivity index (χ3v) is 2.85. The molecule has 0 spiro atoms. The minimum absolute atomic E-state index is 0.184. The van der Waals surface area contributed by atoms with Crippen LogP contribution in [0.25, 0.3) is 6.08 Å². The van der Waals surface area contributed by atoms with Gasteiger partial charge in [-0.15, -0.1) is 0 Å². The van der Waals surface area contributed by atoms with Gasteiger partial charge < -0.3 is 15.4 Å². The van der Waals surface area contributed by atoms with Gasteiger partial charge in [-0.3, -0.25) is 9.59 Å². The Bertz CT molecular complexity index is 512. The van der Waals surface area contributed by atoms with Crippen molar-refractivity contribution in [3.63, 3.8) is 0 Å². The van der Waals surface area contributed by atoms with E-state index in [9.17, 15) is 9.59 Å². The summed E-state index contributed by atoms with van der Waals surface area (Å²) in [5.41, 5.74) is 0.804. The van der Waals surface area contributed by atoms with Crippen molar-refractivity contribution in [2.45, 2.75) is 26.3 Å². The number of para-hydroxylation sites is 1. The first kappa shape index (κ1) is 16.8. The molecule has 2 N–H and O–H groups in total. The molecular formula is C16H22N2O3. The predicted molar refractivity (Wildman–Crippen MR) is 82.9 cm³/mol. The van der Waals surface area contributed by atoms with E-state index in [0.29, 0.717) is 12.3 Å². The standard InChI is InChI=1S/C16H22N2O3/c1-4-11-17-16(20)12(2)18-15(19)10-9-13-7-5-6-8-14(13)21-3/h5-10,12H,4,11H2,1-3H3,(H,17,20)(H,18,19)/b10-9+/t12-/m0/s1. The van der Waals surface area contributed by atoms with Crippen LogP contribution in [0.3, 0.4) is 0 Å². The lowest BCUT2D eigenvalue weighted by molar-refractivity contribution is -0.126. The van der Waals surface area contributed by atoms with Crippen molar-refractivity contribution in [3.8, 4) is 5.75 Å². The Balaban J connectivity index is 2.56. The molecule has 0 saturated heterocycles. The molecule has 5 nitrogen and oxygen atoms in total. The molecular weight excluding hydrogens is 268 g/mol. The fourth-order valence-corrected chi connectivity index (χ4v) is 1.70. The van der Waals surface area contributed by atoms with Crippen molar-refractivity contribution in [1.29, 1.82) is 0 Å². The van der Waals surface area contributed by atoms with E-state index in [0.717, 1.165) is 12.0 Å². The normalized spacial score (nSPS) is 12.0. The summed E-state index contributed by atoms with van der Waals surface area (Å²) < 4.78 is 5.19. The molecule has 1 aromatic carbocycles. The van der Waals surface area contributed by atoms with Gasteiger partial charge in [-0.1, -0.05) is 25.1 Å². The van der Waals surface area contributed by atoms with E-state index in [4.69, 9.17) is 4.74 Å². The second-order valence-corrected chi connectivity index (χ2v) is 4.60. The average molecular weight is 290 g/mol. The van der Waals surface area contributed by atoms with E-state index in [1.807, 2.05) is 31.2 Å². The first-order valence-corrected chi connectivity index (χ1v) is 6.97.